The van der Waals surface area contributed by atoms with Crippen molar-refractivity contribution in [2.45, 2.75) is 25.8 Å². The highest BCUT2D eigenvalue weighted by Gasteiger charge is 2.11. The second kappa shape index (κ2) is 4.98. The van der Waals surface area contributed by atoms with Crippen LogP contribution >= 0.6 is 0 Å². The molecule has 0 bridgehead atoms. The van der Waals surface area contributed by atoms with Gasteiger partial charge in [0.25, 0.3) is 0 Å². The average Bonchev–Trinajstić information content (AvgIpc) is 2.20. The van der Waals surface area contributed by atoms with E-state index in [1.807, 2.05) is 18.2 Å². The Bertz CT molecular complexity index is 299. The number of nitrogens with two attached hydrogens (primary N) is 2. The number of para-hydroxylation sites is 1. The van der Waals surface area contributed by atoms with Crippen molar-refractivity contribution in [3.63, 3.8) is 0 Å². The summed E-state index contributed by atoms with van der Waals surface area (Å²) in [6.07, 6.45) is 1.88. The van der Waals surface area contributed by atoms with Crippen LogP contribution in [0.25, 0.3) is 0 Å². The third-order valence-corrected chi connectivity index (χ3v) is 2.32. The molecule has 1 rings (SSSR count). The van der Waals surface area contributed by atoms with Crippen LogP contribution in [0.2, 0.25) is 0 Å². The van der Waals surface area contributed by atoms with E-state index in [-0.39, 0.29) is 6.04 Å². The van der Waals surface area contributed by atoms with Gasteiger partial charge in [0.05, 0.1) is 0 Å². The second-order valence-electron chi connectivity index (χ2n) is 3.45. The van der Waals surface area contributed by atoms with E-state index in [0.29, 0.717) is 12.3 Å². The molecule has 0 unspecified atom stereocenters. The monoisotopic (exact) mass is 194 g/mol. The number of rotatable bonds is 4. The van der Waals surface area contributed by atoms with E-state index in [0.717, 1.165) is 24.0 Å². The number of hydrogen-bond acceptors (Lipinski definition) is 3. The van der Waals surface area contributed by atoms with Crippen LogP contribution in [0.15, 0.2) is 18.2 Å². The molecule has 1 aromatic carbocycles. The highest BCUT2D eigenvalue weighted by molar-refractivity contribution is 5.42. The lowest BCUT2D eigenvalue weighted by atomic mass is 10.0. The third kappa shape index (κ3) is 2.25. The number of aryl methyl sites for hydroxylation is 1. The van der Waals surface area contributed by atoms with E-state index in [9.17, 15) is 5.11 Å². The second-order valence-corrected chi connectivity index (χ2v) is 3.45. The summed E-state index contributed by atoms with van der Waals surface area (Å²) in [5, 5.41) is 9.89. The lowest BCUT2D eigenvalue weighted by Crippen LogP contribution is -2.21. The van der Waals surface area contributed by atoms with Gasteiger partial charge in [-0.2, -0.15) is 0 Å². The van der Waals surface area contributed by atoms with Crippen molar-refractivity contribution in [2.24, 2.45) is 11.5 Å². The van der Waals surface area contributed by atoms with Gasteiger partial charge in [-0.3, -0.25) is 0 Å². The van der Waals surface area contributed by atoms with Crippen molar-refractivity contribution >= 4 is 0 Å². The van der Waals surface area contributed by atoms with Crippen LogP contribution in [0.3, 0.4) is 0 Å². The maximum absolute atomic E-state index is 9.89. The van der Waals surface area contributed by atoms with E-state index >= 15 is 0 Å². The number of hydrogen-bond donors (Lipinski definition) is 3. The van der Waals surface area contributed by atoms with Gasteiger partial charge in [0.1, 0.15) is 5.75 Å². The Morgan fingerprint density at radius 2 is 2.14 bits per heavy atom. The smallest absolute Gasteiger partial charge is 0.123 e. The Balaban J connectivity index is 3.00. The van der Waals surface area contributed by atoms with Gasteiger partial charge in [0.15, 0.2) is 0 Å². The summed E-state index contributed by atoms with van der Waals surface area (Å²) in [5.74, 6) is 0.312. The Morgan fingerprint density at radius 1 is 1.43 bits per heavy atom. The van der Waals surface area contributed by atoms with Crippen molar-refractivity contribution in [1.82, 2.24) is 0 Å². The van der Waals surface area contributed by atoms with Crippen molar-refractivity contribution in [1.29, 1.82) is 0 Å². The van der Waals surface area contributed by atoms with Gasteiger partial charge in [0, 0.05) is 18.2 Å². The summed E-state index contributed by atoms with van der Waals surface area (Å²) in [7, 11) is 0. The van der Waals surface area contributed by atoms with Gasteiger partial charge in [-0.15, -0.1) is 0 Å². The topological polar surface area (TPSA) is 72.3 Å². The minimum absolute atomic E-state index is 0.271. The summed E-state index contributed by atoms with van der Waals surface area (Å²) < 4.78 is 0. The molecule has 0 heterocycles. The van der Waals surface area contributed by atoms with E-state index in [1.54, 1.807) is 0 Å². The SMILES string of the molecule is CCCc1cccc([C@H](N)CN)c1O. The molecule has 14 heavy (non-hydrogen) atoms. The van der Waals surface area contributed by atoms with Crippen LogP contribution < -0.4 is 11.5 Å². The Kier molecular flexibility index (Phi) is 3.92. The van der Waals surface area contributed by atoms with Crippen molar-refractivity contribution in [2.75, 3.05) is 6.54 Å². The molecule has 0 aromatic heterocycles. The molecule has 0 aliphatic heterocycles. The molecule has 78 valence electrons. The molecular weight excluding hydrogens is 176 g/mol. The fourth-order valence-corrected chi connectivity index (χ4v) is 1.51. The van der Waals surface area contributed by atoms with Gasteiger partial charge in [-0.25, -0.2) is 0 Å². The molecular formula is C11H18N2O. The first-order chi connectivity index (χ1) is 6.70. The average molecular weight is 194 g/mol. The fraction of sp³-hybridized carbons (Fsp3) is 0.455. The zero-order valence-electron chi connectivity index (χ0n) is 8.53. The number of benzene rings is 1. The molecule has 0 saturated heterocycles. The Labute approximate surface area is 84.7 Å². The summed E-state index contributed by atoms with van der Waals surface area (Å²) in [6, 6.07) is 5.39. The summed E-state index contributed by atoms with van der Waals surface area (Å²) in [4.78, 5) is 0. The zero-order valence-corrected chi connectivity index (χ0v) is 8.53. The maximum atomic E-state index is 9.89. The van der Waals surface area contributed by atoms with Crippen LogP contribution in [0.5, 0.6) is 5.75 Å². The molecule has 0 fully saturated rings. The molecule has 0 aliphatic rings. The highest BCUT2D eigenvalue weighted by Crippen LogP contribution is 2.27. The minimum Gasteiger partial charge on any atom is -0.507 e. The predicted octanol–water partition coefficient (Wildman–Crippen LogP) is 1.30. The van der Waals surface area contributed by atoms with Gasteiger partial charge in [-0.1, -0.05) is 31.5 Å². The maximum Gasteiger partial charge on any atom is 0.123 e. The molecule has 0 spiro atoms. The van der Waals surface area contributed by atoms with E-state index < -0.39 is 0 Å². The lowest BCUT2D eigenvalue weighted by molar-refractivity contribution is 0.454. The normalized spacial score (nSPS) is 12.8. The minimum atomic E-state index is -0.271. The van der Waals surface area contributed by atoms with Crippen LogP contribution in [0.1, 0.15) is 30.5 Å². The number of aromatic hydroxyl groups is 1. The molecule has 1 aromatic rings. The van der Waals surface area contributed by atoms with Gasteiger partial charge in [-0.05, 0) is 12.0 Å². The van der Waals surface area contributed by atoms with Crippen LogP contribution in [0, 0.1) is 0 Å². The van der Waals surface area contributed by atoms with E-state index in [4.69, 9.17) is 11.5 Å². The summed E-state index contributed by atoms with van der Waals surface area (Å²) in [6.45, 7) is 2.43. The van der Waals surface area contributed by atoms with Crippen LogP contribution in [-0.2, 0) is 6.42 Å². The van der Waals surface area contributed by atoms with Crippen LogP contribution in [0.4, 0.5) is 0 Å². The fourth-order valence-electron chi connectivity index (χ4n) is 1.51. The number of phenolic OH excluding ortho intramolecular Hbond substituents is 1. The third-order valence-electron chi connectivity index (χ3n) is 2.32. The van der Waals surface area contributed by atoms with Crippen molar-refractivity contribution < 1.29 is 5.11 Å². The molecule has 0 saturated carbocycles. The Hall–Kier alpha value is -1.06. The van der Waals surface area contributed by atoms with Crippen molar-refractivity contribution in [3.8, 4) is 5.75 Å². The van der Waals surface area contributed by atoms with Crippen molar-refractivity contribution in [3.05, 3.63) is 29.3 Å². The Morgan fingerprint density at radius 3 is 2.71 bits per heavy atom. The summed E-state index contributed by atoms with van der Waals surface area (Å²) in [5.41, 5.74) is 12.9. The molecule has 5 N–H and O–H groups in total. The van der Waals surface area contributed by atoms with E-state index in [1.165, 1.54) is 0 Å². The van der Waals surface area contributed by atoms with E-state index in [2.05, 4.69) is 6.92 Å². The molecule has 1 atom stereocenters. The summed E-state index contributed by atoms with van der Waals surface area (Å²) >= 11 is 0. The molecule has 0 aliphatic carbocycles. The first kappa shape index (κ1) is 11.0. The first-order valence-corrected chi connectivity index (χ1v) is 4.97. The molecule has 3 nitrogen and oxygen atoms in total. The number of phenols is 1. The van der Waals surface area contributed by atoms with Gasteiger partial charge >= 0.3 is 0 Å². The quantitative estimate of drug-likeness (QED) is 0.676. The predicted molar refractivity (Wildman–Crippen MR) is 58.1 cm³/mol. The molecule has 0 radical (unpaired) electrons. The molecule has 3 heteroatoms. The standard InChI is InChI=1S/C11H18N2O/c1-2-4-8-5-3-6-9(11(8)14)10(13)7-12/h3,5-6,10,14H,2,4,7,12-13H2,1H3/t10-/m1/s1. The van der Waals surface area contributed by atoms with Gasteiger partial charge in [0.2, 0.25) is 0 Å². The molecule has 0 amide bonds. The zero-order chi connectivity index (χ0) is 10.6. The largest absolute Gasteiger partial charge is 0.507 e. The lowest BCUT2D eigenvalue weighted by Gasteiger charge is -2.13. The van der Waals surface area contributed by atoms with Crippen LogP contribution in [-0.4, -0.2) is 11.7 Å². The highest BCUT2D eigenvalue weighted by atomic mass is 16.3. The van der Waals surface area contributed by atoms with Gasteiger partial charge < -0.3 is 16.6 Å². The first-order valence-electron chi connectivity index (χ1n) is 4.97.